The van der Waals surface area contributed by atoms with Crippen LogP contribution in [0, 0.1) is 11.3 Å². The summed E-state index contributed by atoms with van der Waals surface area (Å²) >= 11 is 0. The van der Waals surface area contributed by atoms with Crippen LogP contribution < -0.4 is 5.56 Å². The molecular weight excluding hydrogens is 350 g/mol. The number of amides is 1. The summed E-state index contributed by atoms with van der Waals surface area (Å²) in [4.78, 5) is 29.2. The van der Waals surface area contributed by atoms with Crippen molar-refractivity contribution >= 4 is 27.6 Å². The topological polar surface area (TPSA) is 77.0 Å². The summed E-state index contributed by atoms with van der Waals surface area (Å²) in [6.45, 7) is 0. The first kappa shape index (κ1) is 17.5. The fourth-order valence-corrected chi connectivity index (χ4v) is 3.44. The van der Waals surface area contributed by atoms with Crippen LogP contribution in [0.2, 0.25) is 0 Å². The van der Waals surface area contributed by atoms with Gasteiger partial charge in [-0.25, -0.2) is 0 Å². The molecule has 1 heterocycles. The maximum Gasteiger partial charge on any atom is 0.266 e. The highest BCUT2D eigenvalue weighted by molar-refractivity contribution is 6.04. The van der Waals surface area contributed by atoms with E-state index < -0.39 is 5.56 Å². The highest BCUT2D eigenvalue weighted by Crippen LogP contribution is 2.32. The number of fused-ring (bicyclic) bond motifs is 2. The van der Waals surface area contributed by atoms with Gasteiger partial charge in [0.05, 0.1) is 0 Å². The summed E-state index contributed by atoms with van der Waals surface area (Å²) in [5.41, 5.74) is 1.99. The molecule has 5 nitrogen and oxygen atoms in total. The van der Waals surface area contributed by atoms with Crippen LogP contribution in [0.1, 0.15) is 15.9 Å². The van der Waals surface area contributed by atoms with Crippen molar-refractivity contribution in [1.29, 1.82) is 5.26 Å². The fraction of sp³-hybridized carbons (Fsp3) is 0.0870. The van der Waals surface area contributed by atoms with Crippen LogP contribution in [0.4, 0.5) is 0 Å². The van der Waals surface area contributed by atoms with Crippen molar-refractivity contribution in [2.75, 3.05) is 14.1 Å². The van der Waals surface area contributed by atoms with E-state index in [4.69, 9.17) is 0 Å². The molecule has 0 radical (unpaired) electrons. The van der Waals surface area contributed by atoms with Gasteiger partial charge in [-0.05, 0) is 40.6 Å². The molecule has 1 N–H and O–H groups in total. The van der Waals surface area contributed by atoms with E-state index in [1.54, 1.807) is 32.3 Å². The van der Waals surface area contributed by atoms with E-state index in [-0.39, 0.29) is 11.5 Å². The zero-order valence-corrected chi connectivity index (χ0v) is 15.5. The molecule has 0 atom stereocenters. The van der Waals surface area contributed by atoms with E-state index in [2.05, 4.69) is 4.98 Å². The number of aromatic amines is 1. The van der Waals surface area contributed by atoms with Crippen molar-refractivity contribution < 1.29 is 4.79 Å². The van der Waals surface area contributed by atoms with Gasteiger partial charge in [-0.15, -0.1) is 0 Å². The van der Waals surface area contributed by atoms with Crippen LogP contribution in [0.25, 0.3) is 32.8 Å². The number of rotatable bonds is 2. The Morgan fingerprint density at radius 3 is 2.46 bits per heavy atom. The largest absolute Gasteiger partial charge is 0.345 e. The van der Waals surface area contributed by atoms with E-state index in [1.165, 1.54) is 4.90 Å². The molecule has 0 spiro atoms. The number of nitrogens with one attached hydrogen (secondary N) is 1. The number of aromatic nitrogens is 1. The third kappa shape index (κ3) is 2.81. The van der Waals surface area contributed by atoms with Crippen LogP contribution in [0.3, 0.4) is 0 Å². The molecule has 136 valence electrons. The second-order valence-electron chi connectivity index (χ2n) is 6.84. The minimum absolute atomic E-state index is 0.0391. The van der Waals surface area contributed by atoms with Crippen molar-refractivity contribution in [3.63, 3.8) is 0 Å². The van der Waals surface area contributed by atoms with Crippen LogP contribution in [-0.2, 0) is 0 Å². The Balaban J connectivity index is 2.08. The van der Waals surface area contributed by atoms with E-state index in [0.717, 1.165) is 16.3 Å². The molecule has 5 heteroatoms. The third-order valence-corrected chi connectivity index (χ3v) is 4.82. The van der Waals surface area contributed by atoms with Crippen LogP contribution >= 0.6 is 0 Å². The molecule has 0 saturated heterocycles. The molecular formula is C23H17N3O2. The normalized spacial score (nSPS) is 10.8. The number of hydrogen-bond donors (Lipinski definition) is 1. The van der Waals surface area contributed by atoms with E-state index in [0.29, 0.717) is 22.0 Å². The maximum atomic E-state index is 12.5. The van der Waals surface area contributed by atoms with Gasteiger partial charge in [-0.2, -0.15) is 5.26 Å². The van der Waals surface area contributed by atoms with Gasteiger partial charge in [0.1, 0.15) is 11.6 Å². The summed E-state index contributed by atoms with van der Waals surface area (Å²) < 4.78 is 0. The lowest BCUT2D eigenvalue weighted by Gasteiger charge is -2.13. The number of nitrogens with zero attached hydrogens (tertiary/aromatic N) is 2. The third-order valence-electron chi connectivity index (χ3n) is 4.82. The highest BCUT2D eigenvalue weighted by atomic mass is 16.2. The maximum absolute atomic E-state index is 12.5. The number of pyridine rings is 1. The summed E-state index contributed by atoms with van der Waals surface area (Å²) in [7, 11) is 3.37. The number of H-pyrrole nitrogens is 1. The number of benzene rings is 3. The summed E-state index contributed by atoms with van der Waals surface area (Å²) in [6.07, 6.45) is 0. The number of nitriles is 1. The van der Waals surface area contributed by atoms with E-state index in [1.807, 2.05) is 48.5 Å². The Bertz CT molecular complexity index is 1340. The highest BCUT2D eigenvalue weighted by Gasteiger charge is 2.17. The smallest absolute Gasteiger partial charge is 0.266 e. The van der Waals surface area contributed by atoms with Gasteiger partial charge in [-0.3, -0.25) is 9.59 Å². The van der Waals surface area contributed by atoms with E-state index >= 15 is 0 Å². The second-order valence-corrected chi connectivity index (χ2v) is 6.84. The first-order chi connectivity index (χ1) is 13.5. The van der Waals surface area contributed by atoms with Crippen molar-refractivity contribution in [3.8, 4) is 17.2 Å². The molecule has 0 saturated carbocycles. The monoisotopic (exact) mass is 367 g/mol. The van der Waals surface area contributed by atoms with Gasteiger partial charge in [0.2, 0.25) is 0 Å². The minimum atomic E-state index is -0.440. The van der Waals surface area contributed by atoms with Crippen molar-refractivity contribution in [3.05, 3.63) is 82.1 Å². The zero-order valence-electron chi connectivity index (χ0n) is 15.5. The van der Waals surface area contributed by atoms with Gasteiger partial charge < -0.3 is 9.88 Å². The van der Waals surface area contributed by atoms with E-state index in [9.17, 15) is 14.9 Å². The van der Waals surface area contributed by atoms with Gasteiger partial charge in [0.25, 0.3) is 11.5 Å². The summed E-state index contributed by atoms with van der Waals surface area (Å²) in [5.74, 6) is -0.143. The van der Waals surface area contributed by atoms with Crippen LogP contribution in [-0.4, -0.2) is 29.9 Å². The molecule has 0 bridgehead atoms. The predicted octanol–water partition coefficient (Wildman–Crippen LogP) is 3.92. The average molecular weight is 367 g/mol. The molecule has 4 rings (SSSR count). The molecule has 1 aromatic heterocycles. The molecule has 0 unspecified atom stereocenters. The SMILES string of the molecule is CN(C)C(=O)c1ccc2[nH]c(=O)c(C#N)c(-c3ccc4ccccc4c3)c2c1. The number of carbonyl (C=O) groups is 1. The van der Waals surface area contributed by atoms with Crippen LogP contribution in [0.15, 0.2) is 65.5 Å². The number of carbonyl (C=O) groups excluding carboxylic acids is 1. The Morgan fingerprint density at radius 2 is 1.75 bits per heavy atom. The molecule has 3 aromatic carbocycles. The lowest BCUT2D eigenvalue weighted by Crippen LogP contribution is -2.21. The molecule has 0 aliphatic carbocycles. The van der Waals surface area contributed by atoms with Gasteiger partial charge in [0.15, 0.2) is 0 Å². The summed E-state index contributed by atoms with van der Waals surface area (Å²) in [5, 5.41) is 12.4. The number of hydrogen-bond acceptors (Lipinski definition) is 3. The molecule has 28 heavy (non-hydrogen) atoms. The zero-order chi connectivity index (χ0) is 19.8. The lowest BCUT2D eigenvalue weighted by atomic mass is 9.94. The Morgan fingerprint density at radius 1 is 1.00 bits per heavy atom. The van der Waals surface area contributed by atoms with Crippen molar-refractivity contribution in [1.82, 2.24) is 9.88 Å². The van der Waals surface area contributed by atoms with Gasteiger partial charge in [-0.1, -0.05) is 36.4 Å². The molecule has 0 aliphatic heterocycles. The average Bonchev–Trinajstić information content (AvgIpc) is 2.71. The Labute approximate surface area is 161 Å². The van der Waals surface area contributed by atoms with Gasteiger partial charge in [0, 0.05) is 36.1 Å². The van der Waals surface area contributed by atoms with Crippen LogP contribution in [0.5, 0.6) is 0 Å². The van der Waals surface area contributed by atoms with Gasteiger partial charge >= 0.3 is 0 Å². The summed E-state index contributed by atoms with van der Waals surface area (Å²) in [6, 6.07) is 20.9. The molecule has 1 amide bonds. The first-order valence-corrected chi connectivity index (χ1v) is 8.80. The first-order valence-electron chi connectivity index (χ1n) is 8.80. The standard InChI is InChI=1S/C23H17N3O2/c1-26(2)23(28)17-9-10-20-18(12-17)21(19(13-24)22(27)25-20)16-8-7-14-5-3-4-6-15(14)11-16/h3-12H,1-2H3,(H,25,27). The Kier molecular flexibility index (Phi) is 4.17. The molecule has 4 aromatic rings. The molecule has 0 aliphatic rings. The minimum Gasteiger partial charge on any atom is -0.345 e. The van der Waals surface area contributed by atoms with Crippen molar-refractivity contribution in [2.24, 2.45) is 0 Å². The van der Waals surface area contributed by atoms with Crippen molar-refractivity contribution in [2.45, 2.75) is 0 Å². The fourth-order valence-electron chi connectivity index (χ4n) is 3.44. The predicted molar refractivity (Wildman–Crippen MR) is 110 cm³/mol. The Hall–Kier alpha value is -3.91. The second kappa shape index (κ2) is 6.67. The lowest BCUT2D eigenvalue weighted by molar-refractivity contribution is 0.0828. The quantitative estimate of drug-likeness (QED) is 0.583. The molecule has 0 fully saturated rings.